The van der Waals surface area contributed by atoms with E-state index >= 15 is 4.79 Å². The summed E-state index contributed by atoms with van der Waals surface area (Å²) in [6.07, 6.45) is 17.4. The summed E-state index contributed by atoms with van der Waals surface area (Å²) in [5, 5.41) is 52.3. The summed E-state index contributed by atoms with van der Waals surface area (Å²) in [5.41, 5.74) is 18.3. The first kappa shape index (κ1) is 111. The van der Waals surface area contributed by atoms with E-state index in [-0.39, 0.29) is 65.2 Å². The number of hydrogen-bond donors (Lipinski definition) is 8. The fourth-order valence-corrected chi connectivity index (χ4v) is 18.7. The molecule has 748 valence electrons. The highest BCUT2D eigenvalue weighted by molar-refractivity contribution is 5.92. The molecule has 0 spiro atoms. The lowest BCUT2D eigenvalue weighted by atomic mass is 9.88. The van der Waals surface area contributed by atoms with Gasteiger partial charge in [0.05, 0.1) is 49.9 Å². The first-order chi connectivity index (χ1) is 66.8. The summed E-state index contributed by atoms with van der Waals surface area (Å²) in [6, 6.07) is 19.9. The van der Waals surface area contributed by atoms with Gasteiger partial charge in [-0.05, 0) is 320 Å². The number of aryl methyl sites for hydroxylation is 8. The van der Waals surface area contributed by atoms with E-state index in [9.17, 15) is 73.2 Å². The van der Waals surface area contributed by atoms with Crippen molar-refractivity contribution >= 4 is 82.9 Å². The van der Waals surface area contributed by atoms with Crippen LogP contribution in [0.4, 0.5) is 0 Å². The molecule has 28 heteroatoms. The number of hydrogen-bond acceptors (Lipinski definition) is 16. The average Bonchev–Trinajstić information content (AvgIpc) is 0.765. The lowest BCUT2D eigenvalue weighted by Gasteiger charge is -2.26. The standard InChI is InChI=1S/C114H136N12O16/c1-62(2)39-95(123-37-35-66(9)43-99(123)127)111(139)119-91(48-103(131)132)73(16)53-116-56-76(19)108-69(12)29-32-86(80(108)23)83-36-38-124(100(128)45-83)96(40-63(3)4)112(140)120-92(49-104(133)134)74(17)54-117-57-77(20)109-70(13)30-33-87(81(109)24)89-46-101(129)126(60-78(89)21)98(42-65(7)8)114(142)122-94(51-106(137)138)84-44-85(59-118-58-84)110-71(14)31-34-88(82(110)25)90-47-102(130)125(61-79(90)22)97(41-64(5)6)113(141)121-93(50-105(135)136)72(15)52-115-55-75(18)107-67(10)27-26-28-68(107)11/h26-38,43-47,52-65,91-98H,15-17,39-42,48-51H2,1-14,18-25H3,(H,119,139)(H,120,140)(H,121,141)(H,122,142)(H,131,132)(H,133,134)(H,135,136)(H,137,138)/b75-55+,76-56+,77-57+,115-52?,116-53?,117-54?/t91-,92-,93-,94+,95+,96-,97+,98+/m1/s1. The maximum Gasteiger partial charge on any atom is 0.305 e. The Morgan fingerprint density at radius 1 is 0.366 bits per heavy atom. The Morgan fingerprint density at radius 2 is 0.711 bits per heavy atom. The predicted octanol–water partition coefficient (Wildman–Crippen LogP) is 19.4. The smallest absolute Gasteiger partial charge is 0.305 e. The number of aromatic nitrogens is 5. The summed E-state index contributed by atoms with van der Waals surface area (Å²) in [5.74, 6) is -7.45. The molecular formula is C114H136N12O16. The predicted molar refractivity (Wildman–Crippen MR) is 564 cm³/mol. The van der Waals surface area contributed by atoms with E-state index in [0.29, 0.717) is 73.2 Å². The van der Waals surface area contributed by atoms with Crippen molar-refractivity contribution in [2.75, 3.05) is 0 Å². The average molecular weight is 1930 g/mol. The summed E-state index contributed by atoms with van der Waals surface area (Å²) in [7, 11) is 0. The number of benzene rings is 4. The molecule has 9 aromatic rings. The minimum atomic E-state index is -1.24. The molecule has 142 heavy (non-hydrogen) atoms. The lowest BCUT2D eigenvalue weighted by Crippen LogP contribution is -2.44. The van der Waals surface area contributed by atoms with Gasteiger partial charge in [-0.1, -0.05) is 130 Å². The van der Waals surface area contributed by atoms with E-state index in [2.05, 4.69) is 61.0 Å². The molecule has 0 saturated carbocycles. The Kier molecular flexibility index (Phi) is 38.4. The molecule has 0 bridgehead atoms. The van der Waals surface area contributed by atoms with Crippen LogP contribution in [0.15, 0.2) is 223 Å². The van der Waals surface area contributed by atoms with E-state index in [1.165, 1.54) is 67.4 Å². The highest BCUT2D eigenvalue weighted by Crippen LogP contribution is 2.40. The number of aliphatic carboxylic acids is 4. The highest BCUT2D eigenvalue weighted by atomic mass is 16.4. The van der Waals surface area contributed by atoms with Gasteiger partial charge >= 0.3 is 23.9 Å². The number of pyridine rings is 5. The molecule has 8 N–H and O–H groups in total. The van der Waals surface area contributed by atoms with Gasteiger partial charge in [-0.2, -0.15) is 0 Å². The van der Waals surface area contributed by atoms with Crippen LogP contribution in [-0.4, -0.2) is 128 Å². The number of nitrogens with one attached hydrogen (secondary N) is 4. The van der Waals surface area contributed by atoms with Gasteiger partial charge in [-0.25, -0.2) is 0 Å². The van der Waals surface area contributed by atoms with Gasteiger partial charge in [0.2, 0.25) is 23.6 Å². The second kappa shape index (κ2) is 49.2. The Bertz CT molecular complexity index is 6820. The van der Waals surface area contributed by atoms with E-state index in [0.717, 1.165) is 77.9 Å². The molecule has 0 saturated heterocycles. The SMILES string of the molecule is C=C(C=N/C=C(\C)c1c(C)ccc(-c2cc(=O)n([C@@H](CC(C)C)C(=O)N[C@@H](CC(=O)O)c3cncc(-c4c(C)ccc(-c5cc(=O)n([C@@H](CC(C)C)C(=O)N[C@H](CC(=O)O)C(=C)C=N/C=C(\C)c6c(C)cccc6C)cc5C)c4C)c3)cc2C)c1C)[C@@H](CC(=O)O)NC(=O)[C@@H](CC(C)C)n1ccc(-c2ccc(C)c(/C(C)=C/N=CC(=C)[C@@H](CC(=O)O)NC(=O)[C@H](CC(C)C)n3ccc(C)cc3=O)c2C)cc1=O. The molecule has 0 aliphatic carbocycles. The van der Waals surface area contributed by atoms with Crippen LogP contribution in [0.1, 0.15) is 241 Å². The maximum absolute atomic E-state index is 15.1. The van der Waals surface area contributed by atoms with Crippen LogP contribution in [0.2, 0.25) is 0 Å². The molecule has 0 radical (unpaired) electrons. The van der Waals surface area contributed by atoms with E-state index in [1.807, 2.05) is 200 Å². The van der Waals surface area contributed by atoms with Crippen LogP contribution in [0.25, 0.3) is 61.2 Å². The summed E-state index contributed by atoms with van der Waals surface area (Å²) < 4.78 is 5.43. The van der Waals surface area contributed by atoms with Gasteiger partial charge in [0.15, 0.2) is 0 Å². The van der Waals surface area contributed by atoms with Gasteiger partial charge in [0, 0.05) is 104 Å². The molecule has 0 aliphatic rings. The Balaban J connectivity index is 0.905. The van der Waals surface area contributed by atoms with Gasteiger partial charge in [-0.15, -0.1) is 0 Å². The monoisotopic (exact) mass is 1930 g/mol. The van der Waals surface area contributed by atoms with Crippen LogP contribution >= 0.6 is 0 Å². The summed E-state index contributed by atoms with van der Waals surface area (Å²) in [6.45, 7) is 54.2. The molecular weight excluding hydrogens is 1790 g/mol. The van der Waals surface area contributed by atoms with Crippen LogP contribution in [0.3, 0.4) is 0 Å². The van der Waals surface area contributed by atoms with Crippen molar-refractivity contribution in [1.82, 2.24) is 44.5 Å². The Morgan fingerprint density at radius 3 is 1.11 bits per heavy atom. The zero-order valence-electron chi connectivity index (χ0n) is 85.6. The number of carboxylic acid groups (broad SMARTS) is 4. The fraction of sp³-hybridized carbons (Fsp3) is 0.368. The number of carboxylic acids is 4. The number of nitrogens with zero attached hydrogens (tertiary/aromatic N) is 8. The zero-order valence-corrected chi connectivity index (χ0v) is 85.6. The van der Waals surface area contributed by atoms with Gasteiger partial charge < -0.3 is 60.0 Å². The van der Waals surface area contributed by atoms with Crippen molar-refractivity contribution in [2.24, 2.45) is 38.6 Å². The first-order valence-corrected chi connectivity index (χ1v) is 47.8. The third-order valence-electron chi connectivity index (χ3n) is 25.6. The molecule has 0 aliphatic heterocycles. The van der Waals surface area contributed by atoms with Crippen LogP contribution in [0, 0.1) is 99.8 Å². The quantitative estimate of drug-likeness (QED) is 0.0164. The molecule has 8 atom stereocenters. The fourth-order valence-electron chi connectivity index (χ4n) is 18.7. The molecule has 5 heterocycles. The van der Waals surface area contributed by atoms with Crippen molar-refractivity contribution < 1.29 is 58.8 Å². The second-order valence-corrected chi connectivity index (χ2v) is 39.1. The lowest BCUT2D eigenvalue weighted by molar-refractivity contribution is -0.139. The van der Waals surface area contributed by atoms with Crippen molar-refractivity contribution in [3.8, 4) is 44.5 Å². The number of allylic oxidation sites excluding steroid dienone is 3. The van der Waals surface area contributed by atoms with Crippen molar-refractivity contribution in [1.29, 1.82) is 0 Å². The molecule has 4 amide bonds. The van der Waals surface area contributed by atoms with Crippen molar-refractivity contribution in [3.05, 3.63) is 314 Å². The minimum Gasteiger partial charge on any atom is -0.481 e. The Hall–Kier alpha value is -15.0. The largest absolute Gasteiger partial charge is 0.481 e. The maximum atomic E-state index is 15.1. The van der Waals surface area contributed by atoms with Gasteiger partial charge in [0.25, 0.3) is 22.2 Å². The highest BCUT2D eigenvalue weighted by Gasteiger charge is 2.34. The molecule has 0 unspecified atom stereocenters. The van der Waals surface area contributed by atoms with Gasteiger partial charge in [-0.3, -0.25) is 77.5 Å². The van der Waals surface area contributed by atoms with E-state index in [1.54, 1.807) is 74.7 Å². The normalized spacial score (nSPS) is 13.8. The molecule has 28 nitrogen and oxygen atoms in total. The number of aliphatic imine (C=N–C) groups is 3. The third-order valence-corrected chi connectivity index (χ3v) is 25.6. The number of amides is 4. The van der Waals surface area contributed by atoms with Crippen LogP contribution in [0.5, 0.6) is 0 Å². The third kappa shape index (κ3) is 28.5. The topological polar surface area (TPSA) is 404 Å². The first-order valence-electron chi connectivity index (χ1n) is 47.8. The van der Waals surface area contributed by atoms with Crippen LogP contribution in [-0.2, 0) is 38.4 Å². The minimum absolute atomic E-state index is 0.0148. The number of rotatable bonds is 45. The van der Waals surface area contributed by atoms with Crippen molar-refractivity contribution in [2.45, 2.75) is 252 Å². The number of carbonyl (C=O) groups is 8. The summed E-state index contributed by atoms with van der Waals surface area (Å²) in [4.78, 5) is 183. The summed E-state index contributed by atoms with van der Waals surface area (Å²) >= 11 is 0. The van der Waals surface area contributed by atoms with Crippen molar-refractivity contribution in [3.63, 3.8) is 0 Å². The molecule has 4 aromatic carbocycles. The van der Waals surface area contributed by atoms with Gasteiger partial charge in [0.1, 0.15) is 24.2 Å². The Labute approximate surface area is 830 Å². The zero-order chi connectivity index (χ0) is 105. The second-order valence-electron chi connectivity index (χ2n) is 39.1. The molecule has 5 aromatic heterocycles. The molecule has 0 fully saturated rings. The van der Waals surface area contributed by atoms with E-state index < -0.39 is 138 Å². The van der Waals surface area contributed by atoms with E-state index in [4.69, 9.17) is 0 Å². The van der Waals surface area contributed by atoms with Crippen LogP contribution < -0.4 is 43.5 Å². The molecule has 9 rings (SSSR count). The number of carbonyl (C=O) groups excluding carboxylic acids is 4.